The van der Waals surface area contributed by atoms with Gasteiger partial charge in [0.2, 0.25) is 5.91 Å². The van der Waals surface area contributed by atoms with E-state index in [0.717, 1.165) is 12.8 Å². The summed E-state index contributed by atoms with van der Waals surface area (Å²) in [4.78, 5) is 24.6. The summed E-state index contributed by atoms with van der Waals surface area (Å²) in [6.45, 7) is 2.14. The van der Waals surface area contributed by atoms with Crippen molar-refractivity contribution in [3.8, 4) is 5.75 Å². The molecule has 0 bridgehead atoms. The van der Waals surface area contributed by atoms with Crippen molar-refractivity contribution in [2.45, 2.75) is 51.0 Å². The van der Waals surface area contributed by atoms with Crippen molar-refractivity contribution in [1.29, 1.82) is 0 Å². The smallest absolute Gasteiger partial charge is 0.331 e. The van der Waals surface area contributed by atoms with E-state index in [4.69, 9.17) is 9.47 Å². The Morgan fingerprint density at radius 1 is 1.28 bits per heavy atom. The van der Waals surface area contributed by atoms with Crippen LogP contribution in [0.25, 0.3) is 0 Å². The fourth-order valence-electron chi connectivity index (χ4n) is 3.28. The zero-order chi connectivity index (χ0) is 18.4. The molecule has 0 aromatic heterocycles. The van der Waals surface area contributed by atoms with E-state index in [1.54, 1.807) is 12.1 Å². The monoisotopic (exact) mass is 351 g/mol. The minimum atomic E-state index is -0.927. The molecule has 1 N–H and O–H groups in total. The number of methoxy groups -OCH3 is 2. The highest BCUT2D eigenvalue weighted by Crippen LogP contribution is 2.33. The Hall–Kier alpha value is -2.11. The minimum absolute atomic E-state index is 0.175. The van der Waals surface area contributed by atoms with E-state index in [-0.39, 0.29) is 24.0 Å². The molecule has 1 fully saturated rings. The summed E-state index contributed by atoms with van der Waals surface area (Å²) in [6, 6.07) is 4.64. The number of carbonyl (C=O) groups excluding carboxylic acids is 2. The molecule has 0 unspecified atom stereocenters. The molecule has 0 spiro atoms. The molecule has 1 saturated carbocycles. The van der Waals surface area contributed by atoms with Gasteiger partial charge in [-0.2, -0.15) is 0 Å². The van der Waals surface area contributed by atoms with Gasteiger partial charge in [-0.15, -0.1) is 0 Å². The summed E-state index contributed by atoms with van der Waals surface area (Å²) in [6.07, 6.45) is 3.49. The quantitative estimate of drug-likeness (QED) is 0.800. The summed E-state index contributed by atoms with van der Waals surface area (Å²) in [5, 5.41) is 2.88. The van der Waals surface area contributed by atoms with Crippen LogP contribution in [0.2, 0.25) is 0 Å². The molecule has 0 saturated heterocycles. The number of halogens is 1. The third-order valence-electron chi connectivity index (χ3n) is 4.94. The van der Waals surface area contributed by atoms with Gasteiger partial charge in [0.25, 0.3) is 0 Å². The van der Waals surface area contributed by atoms with Crippen molar-refractivity contribution in [1.82, 2.24) is 5.32 Å². The molecule has 0 heterocycles. The number of esters is 1. The van der Waals surface area contributed by atoms with Gasteiger partial charge >= 0.3 is 5.97 Å². The predicted molar refractivity (Wildman–Crippen MR) is 91.8 cm³/mol. The van der Waals surface area contributed by atoms with E-state index in [9.17, 15) is 14.0 Å². The molecular weight excluding hydrogens is 325 g/mol. The van der Waals surface area contributed by atoms with Crippen molar-refractivity contribution < 1.29 is 23.5 Å². The zero-order valence-electron chi connectivity index (χ0n) is 15.1. The van der Waals surface area contributed by atoms with Crippen molar-refractivity contribution in [3.05, 3.63) is 29.6 Å². The molecule has 1 aliphatic carbocycles. The van der Waals surface area contributed by atoms with Crippen LogP contribution in [0.4, 0.5) is 4.39 Å². The number of hydrogen-bond acceptors (Lipinski definition) is 4. The molecular formula is C19H26FNO4. The molecule has 6 heteroatoms. The highest BCUT2D eigenvalue weighted by atomic mass is 19.1. The summed E-state index contributed by atoms with van der Waals surface area (Å²) >= 11 is 0. The second kappa shape index (κ2) is 8.32. The number of benzene rings is 1. The number of hydrogen-bond donors (Lipinski definition) is 1. The predicted octanol–water partition coefficient (Wildman–Crippen LogP) is 3.01. The molecule has 5 nitrogen and oxygen atoms in total. The summed E-state index contributed by atoms with van der Waals surface area (Å²) in [7, 11) is 2.75. The first-order valence-corrected chi connectivity index (χ1v) is 8.62. The van der Waals surface area contributed by atoms with E-state index in [1.807, 2.05) is 0 Å². The Morgan fingerprint density at radius 3 is 2.52 bits per heavy atom. The molecule has 0 aliphatic heterocycles. The van der Waals surface area contributed by atoms with Crippen molar-refractivity contribution in [2.75, 3.05) is 14.2 Å². The molecule has 1 amide bonds. The largest absolute Gasteiger partial charge is 0.494 e. The third-order valence-corrected chi connectivity index (χ3v) is 4.94. The second-order valence-electron chi connectivity index (χ2n) is 6.77. The first-order chi connectivity index (χ1) is 11.9. The van der Waals surface area contributed by atoms with Crippen LogP contribution in [0, 0.1) is 11.7 Å². The lowest BCUT2D eigenvalue weighted by molar-refractivity contribution is -0.153. The molecule has 0 atom stereocenters. The standard InChI is InChI=1S/C19H26FNO4/c1-13-8-10-19(11-9-13,18(23)25-3)21-17(22)7-5-14-4-6-16(24-2)15(20)12-14/h4,6,12-13H,5,7-11H2,1-3H3,(H,21,22). The van der Waals surface area contributed by atoms with Gasteiger partial charge in [-0.05, 0) is 55.7 Å². The van der Waals surface area contributed by atoms with Crippen LogP contribution >= 0.6 is 0 Å². The lowest BCUT2D eigenvalue weighted by Crippen LogP contribution is -2.56. The average molecular weight is 351 g/mol. The number of carbonyl (C=O) groups is 2. The van der Waals surface area contributed by atoms with Gasteiger partial charge in [0.1, 0.15) is 5.54 Å². The number of ether oxygens (including phenoxy) is 2. The summed E-state index contributed by atoms with van der Waals surface area (Å²) in [5.41, 5.74) is -0.221. The van der Waals surface area contributed by atoms with Crippen LogP contribution < -0.4 is 10.1 Å². The van der Waals surface area contributed by atoms with Crippen LogP contribution in [0.1, 0.15) is 44.6 Å². The van der Waals surface area contributed by atoms with E-state index < -0.39 is 11.4 Å². The molecule has 25 heavy (non-hydrogen) atoms. The summed E-state index contributed by atoms with van der Waals surface area (Å²) < 4.78 is 23.5. The number of aryl methyl sites for hydroxylation is 1. The van der Waals surface area contributed by atoms with Gasteiger partial charge < -0.3 is 14.8 Å². The van der Waals surface area contributed by atoms with Crippen molar-refractivity contribution in [2.24, 2.45) is 5.92 Å². The van der Waals surface area contributed by atoms with E-state index >= 15 is 0 Å². The lowest BCUT2D eigenvalue weighted by atomic mass is 9.77. The Bertz CT molecular complexity index is 624. The zero-order valence-corrected chi connectivity index (χ0v) is 15.1. The van der Waals surface area contributed by atoms with Gasteiger partial charge in [-0.25, -0.2) is 9.18 Å². The molecule has 2 rings (SSSR count). The number of rotatable bonds is 6. The molecule has 1 aromatic carbocycles. The summed E-state index contributed by atoms with van der Waals surface area (Å²) in [5.74, 6) is -0.349. The Balaban J connectivity index is 1.97. The highest BCUT2D eigenvalue weighted by molar-refractivity contribution is 5.88. The Labute approximate surface area is 147 Å². The van der Waals surface area contributed by atoms with Crippen LogP contribution in [-0.2, 0) is 20.7 Å². The van der Waals surface area contributed by atoms with Crippen LogP contribution in [0.5, 0.6) is 5.75 Å². The van der Waals surface area contributed by atoms with Crippen molar-refractivity contribution in [3.63, 3.8) is 0 Å². The average Bonchev–Trinajstić information content (AvgIpc) is 2.61. The lowest BCUT2D eigenvalue weighted by Gasteiger charge is -2.37. The number of nitrogens with one attached hydrogen (secondary N) is 1. The van der Waals surface area contributed by atoms with Crippen LogP contribution in [-0.4, -0.2) is 31.6 Å². The van der Waals surface area contributed by atoms with Gasteiger partial charge in [0, 0.05) is 6.42 Å². The maximum absolute atomic E-state index is 13.7. The SMILES string of the molecule is COC(=O)C1(NC(=O)CCc2ccc(OC)c(F)c2)CCC(C)CC1. The molecule has 1 aliphatic rings. The first-order valence-electron chi connectivity index (χ1n) is 8.62. The fourth-order valence-corrected chi connectivity index (χ4v) is 3.28. The van der Waals surface area contributed by atoms with E-state index in [2.05, 4.69) is 12.2 Å². The second-order valence-corrected chi connectivity index (χ2v) is 6.77. The fraction of sp³-hybridized carbons (Fsp3) is 0.579. The Kier molecular flexibility index (Phi) is 6.39. The minimum Gasteiger partial charge on any atom is -0.494 e. The van der Waals surface area contributed by atoms with E-state index in [1.165, 1.54) is 20.3 Å². The van der Waals surface area contributed by atoms with Crippen LogP contribution in [0.3, 0.4) is 0 Å². The molecule has 1 aromatic rings. The van der Waals surface area contributed by atoms with Gasteiger partial charge in [0.05, 0.1) is 14.2 Å². The van der Waals surface area contributed by atoms with Gasteiger partial charge in [-0.1, -0.05) is 13.0 Å². The maximum atomic E-state index is 13.7. The van der Waals surface area contributed by atoms with Crippen LogP contribution in [0.15, 0.2) is 18.2 Å². The van der Waals surface area contributed by atoms with Gasteiger partial charge in [-0.3, -0.25) is 4.79 Å². The Morgan fingerprint density at radius 2 is 1.96 bits per heavy atom. The van der Waals surface area contributed by atoms with Gasteiger partial charge in [0.15, 0.2) is 11.6 Å². The molecule has 138 valence electrons. The first kappa shape index (κ1) is 19.2. The molecule has 0 radical (unpaired) electrons. The third kappa shape index (κ3) is 4.71. The van der Waals surface area contributed by atoms with Crippen molar-refractivity contribution >= 4 is 11.9 Å². The number of amides is 1. The topological polar surface area (TPSA) is 64.6 Å². The van der Waals surface area contributed by atoms with E-state index in [0.29, 0.717) is 30.7 Å². The maximum Gasteiger partial charge on any atom is 0.331 e. The normalized spacial score (nSPS) is 23.0. The highest BCUT2D eigenvalue weighted by Gasteiger charge is 2.43.